The maximum Gasteiger partial charge on any atom is 0.343 e. The van der Waals surface area contributed by atoms with E-state index in [1.54, 1.807) is 0 Å². The van der Waals surface area contributed by atoms with Gasteiger partial charge in [-0.3, -0.25) is 4.79 Å². The van der Waals surface area contributed by atoms with E-state index >= 15 is 0 Å². The second-order valence-corrected chi connectivity index (χ2v) is 4.84. The molecule has 2 rings (SSSR count). The fourth-order valence-electron chi connectivity index (χ4n) is 1.58. The number of rotatable bonds is 5. The number of aromatic nitrogens is 2. The van der Waals surface area contributed by atoms with Crippen LogP contribution in [0.15, 0.2) is 10.9 Å². The van der Waals surface area contributed by atoms with Crippen molar-refractivity contribution in [3.8, 4) is 0 Å². The van der Waals surface area contributed by atoms with Gasteiger partial charge in [-0.05, 0) is 0 Å². The van der Waals surface area contributed by atoms with Gasteiger partial charge >= 0.3 is 5.97 Å². The van der Waals surface area contributed by atoms with E-state index in [1.165, 1.54) is 20.6 Å². The molecule has 0 unspecified atom stereocenters. The number of esters is 1. The van der Waals surface area contributed by atoms with Crippen LogP contribution >= 0.6 is 11.3 Å². The molecule has 0 aliphatic rings. The number of carbonyl (C=O) groups excluding carboxylic acids is 2. The first-order valence-electron chi connectivity index (χ1n) is 5.80. The number of hydrogen-bond donors (Lipinski definition) is 3. The van der Waals surface area contributed by atoms with E-state index in [0.29, 0.717) is 10.8 Å². The van der Waals surface area contributed by atoms with E-state index in [2.05, 4.69) is 30.0 Å². The highest BCUT2D eigenvalue weighted by molar-refractivity contribution is 7.19. The number of anilines is 2. The van der Waals surface area contributed by atoms with E-state index in [9.17, 15) is 9.59 Å². The van der Waals surface area contributed by atoms with Crippen molar-refractivity contribution >= 4 is 33.9 Å². The minimum atomic E-state index is -0.630. The summed E-state index contributed by atoms with van der Waals surface area (Å²) in [5, 5.41) is 9.45. The molecule has 4 N–H and O–H groups in total. The Morgan fingerprint density at radius 1 is 1.52 bits per heavy atom. The van der Waals surface area contributed by atoms with Crippen LogP contribution in [0, 0.1) is 0 Å². The predicted octanol–water partition coefficient (Wildman–Crippen LogP) is 0.472. The lowest BCUT2D eigenvalue weighted by molar-refractivity contribution is 0.0603. The number of carbonyl (C=O) groups is 2. The van der Waals surface area contributed by atoms with Crippen LogP contribution in [0.3, 0.4) is 0 Å². The van der Waals surface area contributed by atoms with Crippen LogP contribution in [-0.2, 0) is 11.3 Å². The average Bonchev–Trinajstić information content (AvgIpc) is 3.11. The Hall–Kier alpha value is -2.62. The van der Waals surface area contributed by atoms with Crippen LogP contribution in [-0.4, -0.2) is 36.2 Å². The molecule has 2 aromatic heterocycles. The SMILES string of the molecule is CNC(=O)c1sc(NCc2ncon2)c(C(=O)OC)c1N. The number of nitrogens with zero attached hydrogens (tertiary/aromatic N) is 2. The summed E-state index contributed by atoms with van der Waals surface area (Å²) >= 11 is 1.05. The number of thiophene rings is 1. The highest BCUT2D eigenvalue weighted by Gasteiger charge is 2.25. The quantitative estimate of drug-likeness (QED) is 0.679. The maximum atomic E-state index is 11.8. The Morgan fingerprint density at radius 3 is 2.86 bits per heavy atom. The van der Waals surface area contributed by atoms with E-state index < -0.39 is 5.97 Å². The summed E-state index contributed by atoms with van der Waals surface area (Å²) in [4.78, 5) is 27.6. The van der Waals surface area contributed by atoms with E-state index in [1.807, 2.05) is 0 Å². The molecule has 1 amide bonds. The minimum absolute atomic E-state index is 0.0711. The summed E-state index contributed by atoms with van der Waals surface area (Å²) in [5.74, 6) is -0.607. The summed E-state index contributed by atoms with van der Waals surface area (Å²) < 4.78 is 9.30. The summed E-state index contributed by atoms with van der Waals surface area (Å²) in [5.41, 5.74) is 6.05. The molecule has 0 aliphatic heterocycles. The highest BCUT2D eigenvalue weighted by Crippen LogP contribution is 2.36. The molecule has 0 saturated carbocycles. The fourth-order valence-corrected chi connectivity index (χ4v) is 2.64. The zero-order valence-corrected chi connectivity index (χ0v) is 12.1. The van der Waals surface area contributed by atoms with Crippen molar-refractivity contribution in [3.05, 3.63) is 22.7 Å². The molecule has 0 aromatic carbocycles. The lowest BCUT2D eigenvalue weighted by Crippen LogP contribution is -2.18. The van der Waals surface area contributed by atoms with Crippen LogP contribution in [0.5, 0.6) is 0 Å². The van der Waals surface area contributed by atoms with Gasteiger partial charge < -0.3 is 25.6 Å². The lowest BCUT2D eigenvalue weighted by Gasteiger charge is -2.04. The largest absolute Gasteiger partial charge is 0.465 e. The van der Waals surface area contributed by atoms with Gasteiger partial charge in [0, 0.05) is 7.05 Å². The molecule has 0 spiro atoms. The van der Waals surface area contributed by atoms with Crippen LogP contribution in [0.25, 0.3) is 0 Å². The van der Waals surface area contributed by atoms with Gasteiger partial charge in [0.15, 0.2) is 5.82 Å². The third-order valence-electron chi connectivity index (χ3n) is 2.58. The van der Waals surface area contributed by atoms with Gasteiger partial charge in [0.1, 0.15) is 15.4 Å². The van der Waals surface area contributed by atoms with Gasteiger partial charge in [-0.15, -0.1) is 11.3 Å². The normalized spacial score (nSPS) is 10.2. The van der Waals surface area contributed by atoms with Crippen molar-refractivity contribution in [2.24, 2.45) is 0 Å². The topological polar surface area (TPSA) is 132 Å². The number of nitrogens with two attached hydrogens (primary N) is 1. The number of methoxy groups -OCH3 is 1. The summed E-state index contributed by atoms with van der Waals surface area (Å²) in [7, 11) is 2.72. The van der Waals surface area contributed by atoms with Crippen LogP contribution in [0.4, 0.5) is 10.7 Å². The zero-order chi connectivity index (χ0) is 15.4. The van der Waals surface area contributed by atoms with Crippen molar-refractivity contribution in [3.63, 3.8) is 0 Å². The number of nitrogen functional groups attached to an aromatic ring is 1. The molecule has 2 heterocycles. The van der Waals surface area contributed by atoms with E-state index in [4.69, 9.17) is 5.73 Å². The number of nitrogens with one attached hydrogen (secondary N) is 2. The Kier molecular flexibility index (Phi) is 4.38. The first-order chi connectivity index (χ1) is 10.1. The molecule has 112 valence electrons. The monoisotopic (exact) mass is 311 g/mol. The summed E-state index contributed by atoms with van der Waals surface area (Å²) in [6.07, 6.45) is 1.19. The van der Waals surface area contributed by atoms with Crippen molar-refractivity contribution in [1.29, 1.82) is 0 Å². The molecule has 10 heteroatoms. The molecule has 0 saturated heterocycles. The smallest absolute Gasteiger partial charge is 0.343 e. The van der Waals surface area contributed by atoms with Crippen LogP contribution in [0.1, 0.15) is 25.9 Å². The molecule has 0 aliphatic carbocycles. The predicted molar refractivity (Wildman–Crippen MR) is 75.1 cm³/mol. The Bertz CT molecular complexity index is 652. The molecule has 0 radical (unpaired) electrons. The van der Waals surface area contributed by atoms with Gasteiger partial charge in [0.05, 0.1) is 19.3 Å². The second-order valence-electron chi connectivity index (χ2n) is 3.82. The van der Waals surface area contributed by atoms with Crippen molar-refractivity contribution in [2.75, 3.05) is 25.2 Å². The third kappa shape index (κ3) is 2.94. The standard InChI is InChI=1S/C11H13N5O4S/c1-13-9(17)8-7(12)6(11(18)19-2)10(21-8)14-3-5-15-4-20-16-5/h4,14H,3,12H2,1-2H3,(H,13,17). The summed E-state index contributed by atoms with van der Waals surface area (Å²) in [6.45, 7) is 0.216. The lowest BCUT2D eigenvalue weighted by atomic mass is 10.2. The number of hydrogen-bond acceptors (Lipinski definition) is 9. The first kappa shape index (κ1) is 14.8. The zero-order valence-electron chi connectivity index (χ0n) is 11.3. The molecule has 0 fully saturated rings. The van der Waals surface area contributed by atoms with Crippen molar-refractivity contribution in [2.45, 2.75) is 6.54 Å². The van der Waals surface area contributed by atoms with Gasteiger partial charge in [0.25, 0.3) is 5.91 Å². The van der Waals surface area contributed by atoms with Crippen LogP contribution < -0.4 is 16.4 Å². The third-order valence-corrected chi connectivity index (χ3v) is 3.74. The first-order valence-corrected chi connectivity index (χ1v) is 6.61. The molecule has 2 aromatic rings. The van der Waals surface area contributed by atoms with E-state index in [-0.39, 0.29) is 28.6 Å². The second kappa shape index (κ2) is 6.22. The minimum Gasteiger partial charge on any atom is -0.465 e. The number of amides is 1. The Labute approximate surface area is 123 Å². The highest BCUT2D eigenvalue weighted by atomic mass is 32.1. The van der Waals surface area contributed by atoms with Crippen LogP contribution in [0.2, 0.25) is 0 Å². The van der Waals surface area contributed by atoms with Crippen molar-refractivity contribution in [1.82, 2.24) is 15.5 Å². The van der Waals surface area contributed by atoms with Crippen molar-refractivity contribution < 1.29 is 18.8 Å². The van der Waals surface area contributed by atoms with Gasteiger partial charge in [0.2, 0.25) is 6.39 Å². The Morgan fingerprint density at radius 2 is 2.29 bits per heavy atom. The molecular weight excluding hydrogens is 298 g/mol. The fraction of sp³-hybridized carbons (Fsp3) is 0.273. The molecule has 21 heavy (non-hydrogen) atoms. The average molecular weight is 311 g/mol. The summed E-state index contributed by atoms with van der Waals surface area (Å²) in [6, 6.07) is 0. The van der Waals surface area contributed by atoms with E-state index in [0.717, 1.165) is 11.3 Å². The maximum absolute atomic E-state index is 11.8. The Balaban J connectivity index is 2.33. The van der Waals surface area contributed by atoms with Gasteiger partial charge in [-0.2, -0.15) is 4.98 Å². The molecule has 9 nitrogen and oxygen atoms in total. The molecule has 0 bridgehead atoms. The molecular formula is C11H13N5O4S. The van der Waals surface area contributed by atoms with Gasteiger partial charge in [-0.1, -0.05) is 5.16 Å². The molecule has 0 atom stereocenters. The number of ether oxygens (including phenoxy) is 1. The van der Waals surface area contributed by atoms with Gasteiger partial charge in [-0.25, -0.2) is 4.79 Å².